The number of benzene rings is 2. The van der Waals surface area contributed by atoms with Crippen molar-refractivity contribution in [3.05, 3.63) is 59.4 Å². The molecular weight excluding hydrogens is 283 g/mol. The molecule has 0 radical (unpaired) electrons. The summed E-state index contributed by atoms with van der Waals surface area (Å²) in [4.78, 5) is 13.1. The molecule has 4 nitrogen and oxygen atoms in total. The van der Waals surface area contributed by atoms with E-state index in [-0.39, 0.29) is 11.9 Å². The molecule has 1 amide bonds. The Kier molecular flexibility index (Phi) is 3.96. The molecule has 1 fully saturated rings. The molecule has 22 heavy (non-hydrogen) atoms. The molecule has 2 aromatic carbocycles. The van der Waals surface area contributed by atoms with E-state index in [1.165, 1.54) is 6.07 Å². The quantitative estimate of drug-likeness (QED) is 0.936. The van der Waals surface area contributed by atoms with Crippen LogP contribution >= 0.6 is 0 Å². The number of halogens is 1. The average molecular weight is 300 g/mol. The average Bonchev–Trinajstić information content (AvgIpc) is 2.95. The Labute approximate surface area is 128 Å². The summed E-state index contributed by atoms with van der Waals surface area (Å²) in [5.41, 5.74) is 3.43. The van der Waals surface area contributed by atoms with Crippen LogP contribution in [0.4, 0.5) is 20.6 Å². The molecule has 1 aliphatic rings. The highest BCUT2D eigenvalue weighted by molar-refractivity contribution is 5.89. The fraction of sp³-hybridized carbons (Fsp3) is 0.235. The lowest BCUT2D eigenvalue weighted by Crippen LogP contribution is -2.23. The van der Waals surface area contributed by atoms with Gasteiger partial charge in [0.25, 0.3) is 0 Å². The zero-order valence-electron chi connectivity index (χ0n) is 12.3. The topological polar surface area (TPSA) is 41.6 Å². The lowest BCUT2D eigenvalue weighted by Gasteiger charge is -2.13. The summed E-state index contributed by atoms with van der Waals surface area (Å²) in [6.07, 6.45) is -0.303. The molecule has 5 heteroatoms. The van der Waals surface area contributed by atoms with Gasteiger partial charge in [0, 0.05) is 17.9 Å². The van der Waals surface area contributed by atoms with E-state index in [4.69, 9.17) is 4.74 Å². The van der Waals surface area contributed by atoms with Crippen molar-refractivity contribution in [2.24, 2.45) is 0 Å². The number of hydrogen-bond donors (Lipinski definition) is 1. The van der Waals surface area contributed by atoms with Crippen LogP contribution in [0.1, 0.15) is 11.1 Å². The van der Waals surface area contributed by atoms with Crippen LogP contribution in [0.2, 0.25) is 0 Å². The monoisotopic (exact) mass is 300 g/mol. The van der Waals surface area contributed by atoms with Gasteiger partial charge in [-0.05, 0) is 48.4 Å². The van der Waals surface area contributed by atoms with Crippen LogP contribution in [0.5, 0.6) is 0 Å². The minimum Gasteiger partial charge on any atom is -0.447 e. The molecule has 1 saturated heterocycles. The highest BCUT2D eigenvalue weighted by atomic mass is 19.1. The summed E-state index contributed by atoms with van der Waals surface area (Å²) in [5, 5.41) is 3.28. The van der Waals surface area contributed by atoms with Crippen LogP contribution in [0.15, 0.2) is 42.5 Å². The zero-order chi connectivity index (χ0) is 15.5. The third kappa shape index (κ3) is 3.03. The first kappa shape index (κ1) is 14.4. The molecular formula is C17H17FN2O2. The zero-order valence-corrected chi connectivity index (χ0v) is 12.3. The van der Waals surface area contributed by atoms with Crippen LogP contribution in [-0.2, 0) is 11.3 Å². The van der Waals surface area contributed by atoms with E-state index in [2.05, 4.69) is 5.32 Å². The Morgan fingerprint density at radius 3 is 2.64 bits per heavy atom. The van der Waals surface area contributed by atoms with E-state index in [0.717, 1.165) is 16.9 Å². The predicted molar refractivity (Wildman–Crippen MR) is 83.6 cm³/mol. The number of nitrogens with zero attached hydrogens (tertiary/aromatic N) is 1. The van der Waals surface area contributed by atoms with Gasteiger partial charge in [0.05, 0.1) is 6.54 Å². The largest absolute Gasteiger partial charge is 0.447 e. The maximum atomic E-state index is 13.2. The number of rotatable bonds is 4. The maximum Gasteiger partial charge on any atom is 0.414 e. The van der Waals surface area contributed by atoms with Crippen LogP contribution in [0.3, 0.4) is 0 Å². The van der Waals surface area contributed by atoms with Crippen molar-refractivity contribution in [3.63, 3.8) is 0 Å². The lowest BCUT2D eigenvalue weighted by molar-refractivity contribution is 0.181. The summed E-state index contributed by atoms with van der Waals surface area (Å²) >= 11 is 0. The molecule has 0 spiro atoms. The van der Waals surface area contributed by atoms with Crippen molar-refractivity contribution in [2.75, 3.05) is 23.4 Å². The van der Waals surface area contributed by atoms with Crippen LogP contribution in [-0.4, -0.2) is 19.2 Å². The Balaban J connectivity index is 1.63. The highest BCUT2D eigenvalue weighted by Crippen LogP contribution is 2.21. The second-order valence-corrected chi connectivity index (χ2v) is 5.25. The number of hydrogen-bond acceptors (Lipinski definition) is 3. The normalized spacial score (nSPS) is 14.1. The van der Waals surface area contributed by atoms with E-state index in [1.54, 1.807) is 17.9 Å². The van der Waals surface area contributed by atoms with E-state index in [1.807, 2.05) is 30.3 Å². The van der Waals surface area contributed by atoms with Gasteiger partial charge < -0.3 is 10.1 Å². The maximum absolute atomic E-state index is 13.2. The second-order valence-electron chi connectivity index (χ2n) is 5.25. The summed E-state index contributed by atoms with van der Waals surface area (Å²) in [5.74, 6) is -0.189. The Morgan fingerprint density at radius 2 is 2.00 bits per heavy atom. The minimum atomic E-state index is -0.303. The standard InChI is InChI=1S/C17H17FN2O2/c1-12-10-13(2-7-16(12)18)11-19-14-3-5-15(6-4-14)20-8-9-22-17(20)21/h2-7,10,19H,8-9,11H2,1H3. The van der Waals surface area contributed by atoms with E-state index in [9.17, 15) is 9.18 Å². The summed E-state index contributed by atoms with van der Waals surface area (Å²) in [6.45, 7) is 3.39. The Bertz CT molecular complexity index is 686. The molecule has 1 heterocycles. The van der Waals surface area contributed by atoms with Gasteiger partial charge in [-0.2, -0.15) is 0 Å². The predicted octanol–water partition coefficient (Wildman–Crippen LogP) is 3.70. The Hall–Kier alpha value is -2.56. The molecule has 0 unspecified atom stereocenters. The van der Waals surface area contributed by atoms with Crippen molar-refractivity contribution in [3.8, 4) is 0 Å². The molecule has 1 N–H and O–H groups in total. The molecule has 0 saturated carbocycles. The summed E-state index contributed by atoms with van der Waals surface area (Å²) in [6, 6.07) is 12.7. The molecule has 2 aromatic rings. The molecule has 1 aliphatic heterocycles. The van der Waals surface area contributed by atoms with Gasteiger partial charge in [0.2, 0.25) is 0 Å². The fourth-order valence-corrected chi connectivity index (χ4v) is 2.41. The number of cyclic esters (lactones) is 1. The number of aryl methyl sites for hydroxylation is 1. The van der Waals surface area contributed by atoms with Gasteiger partial charge in [0.15, 0.2) is 0 Å². The van der Waals surface area contributed by atoms with Crippen LogP contribution < -0.4 is 10.2 Å². The van der Waals surface area contributed by atoms with Gasteiger partial charge in [-0.25, -0.2) is 9.18 Å². The molecule has 114 valence electrons. The van der Waals surface area contributed by atoms with Gasteiger partial charge in [0.1, 0.15) is 12.4 Å². The van der Waals surface area contributed by atoms with Crippen LogP contribution in [0.25, 0.3) is 0 Å². The molecule has 0 atom stereocenters. The highest BCUT2D eigenvalue weighted by Gasteiger charge is 2.23. The van der Waals surface area contributed by atoms with Crippen molar-refractivity contribution in [1.29, 1.82) is 0 Å². The van der Waals surface area contributed by atoms with Gasteiger partial charge in [-0.15, -0.1) is 0 Å². The first-order valence-electron chi connectivity index (χ1n) is 7.17. The number of amides is 1. The third-order valence-electron chi connectivity index (χ3n) is 3.66. The third-order valence-corrected chi connectivity index (χ3v) is 3.66. The molecule has 0 bridgehead atoms. The molecule has 0 aromatic heterocycles. The van der Waals surface area contributed by atoms with Gasteiger partial charge in [-0.3, -0.25) is 4.90 Å². The fourth-order valence-electron chi connectivity index (χ4n) is 2.41. The molecule has 3 rings (SSSR count). The van der Waals surface area contributed by atoms with Crippen molar-refractivity contribution >= 4 is 17.5 Å². The van der Waals surface area contributed by atoms with Gasteiger partial charge in [-0.1, -0.05) is 12.1 Å². The number of nitrogens with one attached hydrogen (secondary N) is 1. The second kappa shape index (κ2) is 6.05. The van der Waals surface area contributed by atoms with Gasteiger partial charge >= 0.3 is 6.09 Å². The van der Waals surface area contributed by atoms with Crippen molar-refractivity contribution < 1.29 is 13.9 Å². The SMILES string of the molecule is Cc1cc(CNc2ccc(N3CCOC3=O)cc2)ccc1F. The Morgan fingerprint density at radius 1 is 1.23 bits per heavy atom. The minimum absolute atomic E-state index is 0.189. The first-order chi connectivity index (χ1) is 10.6. The van der Waals surface area contributed by atoms with Crippen molar-refractivity contribution in [1.82, 2.24) is 0 Å². The number of carbonyl (C=O) groups excluding carboxylic acids is 1. The lowest BCUT2D eigenvalue weighted by atomic mass is 10.1. The van der Waals surface area contributed by atoms with E-state index >= 15 is 0 Å². The first-order valence-corrected chi connectivity index (χ1v) is 7.17. The summed E-state index contributed by atoms with van der Waals surface area (Å²) in [7, 11) is 0. The number of anilines is 2. The van der Waals surface area contributed by atoms with Crippen molar-refractivity contribution in [2.45, 2.75) is 13.5 Å². The molecule has 0 aliphatic carbocycles. The van der Waals surface area contributed by atoms with E-state index in [0.29, 0.717) is 25.3 Å². The smallest absolute Gasteiger partial charge is 0.414 e. The van der Waals surface area contributed by atoms with Crippen LogP contribution in [0, 0.1) is 12.7 Å². The number of ether oxygens (including phenoxy) is 1. The van der Waals surface area contributed by atoms with E-state index < -0.39 is 0 Å². The summed E-state index contributed by atoms with van der Waals surface area (Å²) < 4.78 is 18.1. The number of carbonyl (C=O) groups is 1.